The number of hydrogen-bond donors (Lipinski definition) is 4. The highest BCUT2D eigenvalue weighted by atomic mass is 19.4. The molecule has 28 heavy (non-hydrogen) atoms. The summed E-state index contributed by atoms with van der Waals surface area (Å²) in [6.07, 6.45) is -4.47. The van der Waals surface area contributed by atoms with Crippen LogP contribution in [0.2, 0.25) is 0 Å². The summed E-state index contributed by atoms with van der Waals surface area (Å²) < 4.78 is 37.6. The Morgan fingerprint density at radius 3 is 2.32 bits per heavy atom. The maximum atomic E-state index is 12.5. The summed E-state index contributed by atoms with van der Waals surface area (Å²) in [6.45, 7) is -0.245. The van der Waals surface area contributed by atoms with Crippen LogP contribution in [0, 0.1) is 10.1 Å². The van der Waals surface area contributed by atoms with Gasteiger partial charge >= 0.3 is 6.18 Å². The number of carbonyl (C=O) groups excluding carboxylic acids is 1. The Kier molecular flexibility index (Phi) is 6.77. The molecule has 0 heterocycles. The third-order valence-electron chi connectivity index (χ3n) is 3.58. The number of nitro groups is 1. The van der Waals surface area contributed by atoms with Gasteiger partial charge in [0.05, 0.1) is 35.0 Å². The Morgan fingerprint density at radius 1 is 1.07 bits per heavy atom. The van der Waals surface area contributed by atoms with Crippen molar-refractivity contribution in [3.63, 3.8) is 0 Å². The molecule has 0 unspecified atom stereocenters. The van der Waals surface area contributed by atoms with Crippen molar-refractivity contribution < 1.29 is 28.0 Å². The van der Waals surface area contributed by atoms with Gasteiger partial charge in [-0.25, -0.2) is 0 Å². The Labute approximate surface area is 157 Å². The molecule has 0 atom stereocenters. The molecule has 0 aliphatic rings. The molecule has 8 nitrogen and oxygen atoms in total. The van der Waals surface area contributed by atoms with Gasteiger partial charge in [-0.15, -0.1) is 0 Å². The van der Waals surface area contributed by atoms with E-state index in [9.17, 15) is 28.1 Å². The van der Waals surface area contributed by atoms with Gasteiger partial charge in [-0.3, -0.25) is 14.9 Å². The fraction of sp³-hybridized carbons (Fsp3) is 0.235. The average Bonchev–Trinajstić information content (AvgIpc) is 2.64. The van der Waals surface area contributed by atoms with Crippen molar-refractivity contribution in [3.8, 4) is 0 Å². The number of hydrogen-bond acceptors (Lipinski definition) is 6. The molecule has 150 valence electrons. The van der Waals surface area contributed by atoms with Gasteiger partial charge in [0, 0.05) is 24.4 Å². The predicted molar refractivity (Wildman–Crippen MR) is 97.2 cm³/mol. The molecule has 1 amide bonds. The van der Waals surface area contributed by atoms with Crippen LogP contribution in [0.25, 0.3) is 0 Å². The minimum Gasteiger partial charge on any atom is -0.395 e. The summed E-state index contributed by atoms with van der Waals surface area (Å²) in [6, 6.07) is 7.88. The molecule has 11 heteroatoms. The highest BCUT2D eigenvalue weighted by molar-refractivity contribution is 5.94. The van der Waals surface area contributed by atoms with E-state index in [2.05, 4.69) is 16.0 Å². The fourth-order valence-electron chi connectivity index (χ4n) is 2.26. The van der Waals surface area contributed by atoms with E-state index in [1.165, 1.54) is 18.2 Å². The van der Waals surface area contributed by atoms with Crippen LogP contribution in [-0.2, 0) is 11.0 Å². The van der Waals surface area contributed by atoms with Gasteiger partial charge < -0.3 is 21.1 Å². The van der Waals surface area contributed by atoms with Gasteiger partial charge in [-0.1, -0.05) is 0 Å². The van der Waals surface area contributed by atoms with Crippen molar-refractivity contribution in [2.24, 2.45) is 0 Å². The number of nitro benzene ring substituents is 1. The summed E-state index contributed by atoms with van der Waals surface area (Å²) >= 11 is 0. The van der Waals surface area contributed by atoms with Crippen molar-refractivity contribution in [2.45, 2.75) is 6.18 Å². The standard InChI is InChI=1S/C17H17F3N4O4/c18-17(19,20)11-1-3-12(4-2-11)23-16(26)10-22-15-9-13(24(27)28)5-6-14(15)21-7-8-25/h1-6,9,21-22,25H,7-8,10H2,(H,23,26). The van der Waals surface area contributed by atoms with Gasteiger partial charge in [-0.05, 0) is 30.3 Å². The van der Waals surface area contributed by atoms with Crippen LogP contribution < -0.4 is 16.0 Å². The molecule has 0 fully saturated rings. The summed E-state index contributed by atoms with van der Waals surface area (Å²) in [7, 11) is 0. The van der Waals surface area contributed by atoms with Crippen molar-refractivity contribution >= 4 is 28.7 Å². The number of aliphatic hydroxyl groups is 1. The van der Waals surface area contributed by atoms with Gasteiger partial charge in [0.1, 0.15) is 0 Å². The average molecular weight is 398 g/mol. The molecule has 2 aromatic rings. The molecule has 2 aromatic carbocycles. The molecule has 0 saturated heterocycles. The zero-order valence-electron chi connectivity index (χ0n) is 14.4. The molecule has 0 saturated carbocycles. The summed E-state index contributed by atoms with van der Waals surface area (Å²) in [5, 5.41) is 27.8. The van der Waals surface area contributed by atoms with Crippen LogP contribution in [0.1, 0.15) is 5.56 Å². The number of amides is 1. The fourth-order valence-corrected chi connectivity index (χ4v) is 2.26. The van der Waals surface area contributed by atoms with Gasteiger partial charge in [0.15, 0.2) is 0 Å². The highest BCUT2D eigenvalue weighted by Gasteiger charge is 2.29. The first-order valence-electron chi connectivity index (χ1n) is 8.05. The lowest BCUT2D eigenvalue weighted by atomic mass is 10.2. The second kappa shape index (κ2) is 9.04. The van der Waals surface area contributed by atoms with E-state index in [4.69, 9.17) is 5.11 Å². The Hall–Kier alpha value is -3.34. The molecule has 2 rings (SSSR count). The molecule has 0 aliphatic carbocycles. The largest absolute Gasteiger partial charge is 0.416 e. The van der Waals surface area contributed by atoms with Gasteiger partial charge in [-0.2, -0.15) is 13.2 Å². The van der Waals surface area contributed by atoms with Crippen LogP contribution in [0.4, 0.5) is 35.9 Å². The molecule has 0 bridgehead atoms. The smallest absolute Gasteiger partial charge is 0.395 e. The first-order valence-corrected chi connectivity index (χ1v) is 8.05. The number of nitrogens with one attached hydrogen (secondary N) is 3. The monoisotopic (exact) mass is 398 g/mol. The zero-order chi connectivity index (χ0) is 20.7. The number of non-ortho nitro benzene ring substituents is 1. The Morgan fingerprint density at radius 2 is 1.75 bits per heavy atom. The second-order valence-corrected chi connectivity index (χ2v) is 5.61. The van der Waals surface area contributed by atoms with Gasteiger partial charge in [0.2, 0.25) is 5.91 Å². The minimum absolute atomic E-state index is 0.162. The first kappa shape index (κ1) is 21.0. The van der Waals surface area contributed by atoms with Crippen LogP contribution in [0.5, 0.6) is 0 Å². The SMILES string of the molecule is O=C(CNc1cc([N+](=O)[O-])ccc1NCCO)Nc1ccc(C(F)(F)F)cc1. The van der Waals surface area contributed by atoms with Crippen LogP contribution in [0.3, 0.4) is 0 Å². The van der Waals surface area contributed by atoms with E-state index in [-0.39, 0.29) is 36.8 Å². The van der Waals surface area contributed by atoms with E-state index < -0.39 is 22.6 Å². The summed E-state index contributed by atoms with van der Waals surface area (Å²) in [4.78, 5) is 22.3. The predicted octanol–water partition coefficient (Wildman–Crippen LogP) is 3.07. The normalized spacial score (nSPS) is 11.0. The van der Waals surface area contributed by atoms with E-state index in [1.54, 1.807) is 0 Å². The topological polar surface area (TPSA) is 117 Å². The molecular formula is C17H17F3N4O4. The summed E-state index contributed by atoms with van der Waals surface area (Å²) in [5.74, 6) is -0.556. The maximum Gasteiger partial charge on any atom is 0.416 e. The van der Waals surface area contributed by atoms with E-state index in [1.807, 2.05) is 0 Å². The third kappa shape index (κ3) is 5.84. The lowest BCUT2D eigenvalue weighted by Gasteiger charge is -2.13. The second-order valence-electron chi connectivity index (χ2n) is 5.61. The number of alkyl halides is 3. The number of anilines is 3. The first-order chi connectivity index (χ1) is 13.2. The van der Waals surface area contributed by atoms with E-state index in [0.717, 1.165) is 24.3 Å². The van der Waals surface area contributed by atoms with Crippen LogP contribution >= 0.6 is 0 Å². The molecule has 0 spiro atoms. The quantitative estimate of drug-likeness (QED) is 0.401. The van der Waals surface area contributed by atoms with Crippen LogP contribution in [0.15, 0.2) is 42.5 Å². The number of benzene rings is 2. The van der Waals surface area contributed by atoms with Crippen molar-refractivity contribution in [1.29, 1.82) is 0 Å². The molecular weight excluding hydrogens is 381 g/mol. The highest BCUT2D eigenvalue weighted by Crippen LogP contribution is 2.30. The zero-order valence-corrected chi connectivity index (χ0v) is 14.4. The van der Waals surface area contributed by atoms with Crippen molar-refractivity contribution in [3.05, 3.63) is 58.1 Å². The molecule has 4 N–H and O–H groups in total. The van der Waals surface area contributed by atoms with E-state index in [0.29, 0.717) is 5.69 Å². The van der Waals surface area contributed by atoms with Gasteiger partial charge in [0.25, 0.3) is 5.69 Å². The van der Waals surface area contributed by atoms with Crippen LogP contribution in [-0.4, -0.2) is 35.6 Å². The Bertz CT molecular complexity index is 841. The minimum atomic E-state index is -4.47. The van der Waals surface area contributed by atoms with Crippen molar-refractivity contribution in [1.82, 2.24) is 0 Å². The number of aliphatic hydroxyl groups excluding tert-OH is 1. The Balaban J connectivity index is 2.03. The number of carbonyl (C=O) groups is 1. The number of rotatable bonds is 8. The number of halogens is 3. The number of nitrogens with zero attached hydrogens (tertiary/aromatic N) is 1. The summed E-state index contributed by atoms with van der Waals surface area (Å²) in [5.41, 5.74) is -0.135. The third-order valence-corrected chi connectivity index (χ3v) is 3.58. The maximum absolute atomic E-state index is 12.5. The lowest BCUT2D eigenvalue weighted by molar-refractivity contribution is -0.384. The lowest BCUT2D eigenvalue weighted by Crippen LogP contribution is -2.22. The molecule has 0 radical (unpaired) electrons. The molecule has 0 aromatic heterocycles. The van der Waals surface area contributed by atoms with E-state index >= 15 is 0 Å². The van der Waals surface area contributed by atoms with Crippen molar-refractivity contribution in [2.75, 3.05) is 35.6 Å². The molecule has 0 aliphatic heterocycles.